The zero-order valence-electron chi connectivity index (χ0n) is 41.7. The Kier molecular flexibility index (Phi) is 24.7. The van der Waals surface area contributed by atoms with E-state index in [0.29, 0.717) is 37.4 Å². The highest BCUT2D eigenvalue weighted by molar-refractivity contribution is 5.85. The van der Waals surface area contributed by atoms with Gasteiger partial charge in [0.2, 0.25) is 0 Å². The van der Waals surface area contributed by atoms with Crippen LogP contribution < -0.4 is 10.6 Å². The summed E-state index contributed by atoms with van der Waals surface area (Å²) in [4.78, 5) is 55.2. The van der Waals surface area contributed by atoms with Crippen LogP contribution in [0.2, 0.25) is 0 Å². The number of benzene rings is 4. The van der Waals surface area contributed by atoms with Crippen LogP contribution in [0.5, 0.6) is 0 Å². The molecule has 0 spiro atoms. The van der Waals surface area contributed by atoms with Gasteiger partial charge in [0.15, 0.2) is 0 Å². The minimum Gasteiger partial charge on any atom is -0.464 e. The van der Waals surface area contributed by atoms with Crippen LogP contribution in [-0.2, 0) is 54.2 Å². The van der Waals surface area contributed by atoms with Crippen molar-refractivity contribution in [3.63, 3.8) is 0 Å². The zero-order valence-corrected chi connectivity index (χ0v) is 41.7. The number of carbonyl (C=O) groups is 4. The SMILES string of the molecule is CCCCN(CCCC)CCOC(=O)Cc1ccc(Cc2ccc(CC(=O)OCC(C)(C)OC(=O)Nc3ccc(Cc4ccc(NC(=O)OCCN(CCCC)CCCC)cc4)cc3)cc2)cc1. The van der Waals surface area contributed by atoms with Crippen molar-refractivity contribution >= 4 is 35.5 Å². The molecule has 0 heterocycles. The standard InChI is InChI=1S/C56H78N4O8/c1-7-11-31-59(32-12-8-2)35-37-65-52(61)41-48-19-15-44(16-20-48)39-45-17-21-49(22-18-45)42-53(62)67-43-56(5,6)68-55(64)58-51-29-25-47(26-30-51)40-46-23-27-50(28-24-46)57-54(63)66-38-36-60(33-13-9-3)34-14-10-4/h15-30H,7-14,31-43H2,1-6H3,(H,57,63)(H,58,64). The van der Waals surface area contributed by atoms with Crippen molar-refractivity contribution < 1.29 is 38.1 Å². The third-order valence-corrected chi connectivity index (χ3v) is 11.5. The van der Waals surface area contributed by atoms with Crippen LogP contribution in [0.4, 0.5) is 21.0 Å². The van der Waals surface area contributed by atoms with Crippen LogP contribution >= 0.6 is 0 Å². The molecule has 0 fully saturated rings. The molecular formula is C56H78N4O8. The molecule has 0 aliphatic carbocycles. The number of nitrogens with one attached hydrogen (secondary N) is 2. The van der Waals surface area contributed by atoms with Crippen molar-refractivity contribution in [2.24, 2.45) is 0 Å². The lowest BCUT2D eigenvalue weighted by Crippen LogP contribution is -2.36. The second-order valence-electron chi connectivity index (χ2n) is 18.2. The Morgan fingerprint density at radius 3 is 1.18 bits per heavy atom. The first kappa shape index (κ1) is 54.9. The van der Waals surface area contributed by atoms with Gasteiger partial charge < -0.3 is 18.9 Å². The van der Waals surface area contributed by atoms with Crippen LogP contribution in [0.25, 0.3) is 0 Å². The molecule has 12 nitrogen and oxygen atoms in total. The maximum atomic E-state index is 12.8. The molecule has 0 unspecified atom stereocenters. The van der Waals surface area contributed by atoms with E-state index in [1.165, 1.54) is 0 Å². The predicted molar refractivity (Wildman–Crippen MR) is 272 cm³/mol. The Morgan fingerprint density at radius 2 is 0.779 bits per heavy atom. The van der Waals surface area contributed by atoms with E-state index >= 15 is 0 Å². The highest BCUT2D eigenvalue weighted by Crippen LogP contribution is 2.19. The third-order valence-electron chi connectivity index (χ3n) is 11.5. The van der Waals surface area contributed by atoms with Crippen molar-refractivity contribution in [1.29, 1.82) is 0 Å². The molecule has 0 aliphatic heterocycles. The van der Waals surface area contributed by atoms with E-state index in [-0.39, 0.29) is 25.4 Å². The molecule has 0 aliphatic rings. The fraction of sp³-hybridized carbons (Fsp3) is 0.500. The lowest BCUT2D eigenvalue weighted by atomic mass is 10.0. The number of hydrogen-bond donors (Lipinski definition) is 2. The average molecular weight is 935 g/mol. The smallest absolute Gasteiger partial charge is 0.412 e. The molecule has 2 N–H and O–H groups in total. The summed E-state index contributed by atoms with van der Waals surface area (Å²) < 4.78 is 22.2. The van der Waals surface area contributed by atoms with Gasteiger partial charge in [-0.1, -0.05) is 126 Å². The van der Waals surface area contributed by atoms with Crippen molar-refractivity contribution in [3.8, 4) is 0 Å². The van der Waals surface area contributed by atoms with Gasteiger partial charge in [0.05, 0.1) is 12.8 Å². The molecule has 0 radical (unpaired) electrons. The monoisotopic (exact) mass is 935 g/mol. The number of esters is 2. The summed E-state index contributed by atoms with van der Waals surface area (Å²) in [6, 6.07) is 31.0. The number of hydrogen-bond acceptors (Lipinski definition) is 10. The third kappa shape index (κ3) is 22.4. The fourth-order valence-corrected chi connectivity index (χ4v) is 7.45. The lowest BCUT2D eigenvalue weighted by Gasteiger charge is -2.24. The van der Waals surface area contributed by atoms with Crippen LogP contribution in [0.3, 0.4) is 0 Å². The molecule has 370 valence electrons. The molecule has 68 heavy (non-hydrogen) atoms. The quantitative estimate of drug-likeness (QED) is 0.0371. The topological polar surface area (TPSA) is 136 Å². The number of carbonyl (C=O) groups excluding carboxylic acids is 4. The highest BCUT2D eigenvalue weighted by Gasteiger charge is 2.25. The van der Waals surface area contributed by atoms with E-state index in [2.05, 4.69) is 48.1 Å². The average Bonchev–Trinajstić information content (AvgIpc) is 3.32. The molecular weight excluding hydrogens is 857 g/mol. The summed E-state index contributed by atoms with van der Waals surface area (Å²) in [7, 11) is 0. The maximum Gasteiger partial charge on any atom is 0.412 e. The van der Waals surface area contributed by atoms with Crippen molar-refractivity contribution in [1.82, 2.24) is 9.80 Å². The van der Waals surface area contributed by atoms with Crippen molar-refractivity contribution in [2.45, 2.75) is 124 Å². The van der Waals surface area contributed by atoms with Gasteiger partial charge in [-0.25, -0.2) is 9.59 Å². The van der Waals surface area contributed by atoms with Gasteiger partial charge in [0.1, 0.15) is 25.4 Å². The molecule has 4 rings (SSSR count). The largest absolute Gasteiger partial charge is 0.464 e. The summed E-state index contributed by atoms with van der Waals surface area (Å²) in [5, 5.41) is 5.57. The molecule has 0 atom stereocenters. The van der Waals surface area contributed by atoms with Gasteiger partial charge in [-0.2, -0.15) is 0 Å². The Labute approximate surface area is 406 Å². The highest BCUT2D eigenvalue weighted by atomic mass is 16.6. The van der Waals surface area contributed by atoms with Crippen molar-refractivity contribution in [2.75, 3.05) is 69.7 Å². The second-order valence-corrected chi connectivity index (χ2v) is 18.2. The first-order valence-electron chi connectivity index (χ1n) is 24.9. The van der Waals surface area contributed by atoms with E-state index in [1.54, 1.807) is 13.8 Å². The number of anilines is 2. The second kappa shape index (κ2) is 30.6. The first-order valence-corrected chi connectivity index (χ1v) is 24.9. The van der Waals surface area contributed by atoms with Gasteiger partial charge in [-0.15, -0.1) is 0 Å². The van der Waals surface area contributed by atoms with Gasteiger partial charge in [0.25, 0.3) is 0 Å². The van der Waals surface area contributed by atoms with E-state index in [1.807, 2.05) is 97.1 Å². The van der Waals surface area contributed by atoms with Crippen molar-refractivity contribution in [3.05, 3.63) is 130 Å². The van der Waals surface area contributed by atoms with E-state index in [0.717, 1.165) is 124 Å². The van der Waals surface area contributed by atoms with Crippen LogP contribution in [0.15, 0.2) is 97.1 Å². The molecule has 0 bridgehead atoms. The molecule has 0 saturated carbocycles. The summed E-state index contributed by atoms with van der Waals surface area (Å²) in [6.07, 6.45) is 9.78. The number of amides is 2. The molecule has 4 aromatic rings. The molecule has 12 heteroatoms. The predicted octanol–water partition coefficient (Wildman–Crippen LogP) is 11.4. The molecule has 0 saturated heterocycles. The maximum absolute atomic E-state index is 12.8. The first-order chi connectivity index (χ1) is 32.9. The van der Waals surface area contributed by atoms with Gasteiger partial charge in [-0.3, -0.25) is 30.0 Å². The van der Waals surface area contributed by atoms with Crippen LogP contribution in [0.1, 0.15) is 126 Å². The van der Waals surface area contributed by atoms with Gasteiger partial charge >= 0.3 is 24.1 Å². The summed E-state index contributed by atoms with van der Waals surface area (Å²) in [5.41, 5.74) is 6.22. The number of unbranched alkanes of at least 4 members (excludes halogenated alkanes) is 4. The van der Waals surface area contributed by atoms with E-state index in [9.17, 15) is 19.2 Å². The van der Waals surface area contributed by atoms with Gasteiger partial charge in [-0.05, 0) is 136 Å². The minimum atomic E-state index is -1.06. The Balaban J connectivity index is 1.11. The Bertz CT molecular complexity index is 2060. The molecule has 2 amide bonds. The number of ether oxygens (including phenoxy) is 4. The normalized spacial score (nSPS) is 11.4. The molecule has 0 aromatic heterocycles. The van der Waals surface area contributed by atoms with Crippen LogP contribution in [-0.4, -0.2) is 98.6 Å². The number of nitrogens with zero attached hydrogens (tertiary/aromatic N) is 2. The zero-order chi connectivity index (χ0) is 49.0. The summed E-state index contributed by atoms with van der Waals surface area (Å²) in [5.74, 6) is -0.626. The summed E-state index contributed by atoms with van der Waals surface area (Å²) >= 11 is 0. The van der Waals surface area contributed by atoms with Gasteiger partial charge in [0, 0.05) is 24.5 Å². The minimum absolute atomic E-state index is 0.0859. The lowest BCUT2D eigenvalue weighted by molar-refractivity contribution is -0.149. The summed E-state index contributed by atoms with van der Waals surface area (Å²) in [6.45, 7) is 18.4. The molecule has 4 aromatic carbocycles. The van der Waals surface area contributed by atoms with E-state index in [4.69, 9.17) is 18.9 Å². The van der Waals surface area contributed by atoms with Crippen LogP contribution in [0, 0.1) is 0 Å². The van der Waals surface area contributed by atoms with E-state index < -0.39 is 23.8 Å². The Morgan fingerprint density at radius 1 is 0.441 bits per heavy atom. The fourth-order valence-electron chi connectivity index (χ4n) is 7.45. The number of rotatable bonds is 31. The Hall–Kier alpha value is -5.72.